The van der Waals surface area contributed by atoms with E-state index in [1.807, 2.05) is 36.4 Å². The van der Waals surface area contributed by atoms with Crippen LogP contribution in [0.15, 0.2) is 36.4 Å². The number of ether oxygens (including phenoxy) is 1. The Morgan fingerprint density at radius 3 is 2.59 bits per heavy atom. The Kier molecular flexibility index (Phi) is 7.80. The highest BCUT2D eigenvalue weighted by Crippen LogP contribution is 2.19. The lowest BCUT2D eigenvalue weighted by Gasteiger charge is -2.35. The molecule has 2 aromatic heterocycles. The van der Waals surface area contributed by atoms with Crippen molar-refractivity contribution in [3.8, 4) is 5.75 Å². The molecule has 10 nitrogen and oxygen atoms in total. The van der Waals surface area contributed by atoms with Gasteiger partial charge in [0.15, 0.2) is 11.5 Å². The molecule has 0 bridgehead atoms. The average molecular weight is 511 g/mol. The smallest absolute Gasteiger partial charge is 0.220 e. The zero-order chi connectivity index (χ0) is 25.8. The molecular weight excluding hydrogens is 475 g/mol. The second-order valence-corrected chi connectivity index (χ2v) is 9.93. The number of nitrogens with zero attached hydrogens (tertiary/aromatic N) is 7. The summed E-state index contributed by atoms with van der Waals surface area (Å²) in [4.78, 5) is 19.3. The summed E-state index contributed by atoms with van der Waals surface area (Å²) in [6.45, 7) is 5.51. The van der Waals surface area contributed by atoms with Crippen LogP contribution in [0.2, 0.25) is 0 Å². The fourth-order valence-corrected chi connectivity index (χ4v) is 4.95. The standard InChI is InChI=1S/C26H35FN8O2/c1-32-13-15-34(16-14-32)25-8-7-23-29-30-24(35(23)31-25)9-10-26(36)28-22-11-12-33(18-21(22)27)17-19-3-5-20(37-2)6-4-19/h3-8,21-22H,9-18H2,1-2H3,(H,28,36)/t21-,22-/m0/s1. The number of amides is 1. The number of alkyl halides is 1. The molecule has 3 aromatic rings. The van der Waals surface area contributed by atoms with Crippen LogP contribution < -0.4 is 15.0 Å². The van der Waals surface area contributed by atoms with E-state index < -0.39 is 12.2 Å². The van der Waals surface area contributed by atoms with Crippen molar-refractivity contribution in [2.24, 2.45) is 0 Å². The van der Waals surface area contributed by atoms with E-state index >= 15 is 0 Å². The van der Waals surface area contributed by atoms with Gasteiger partial charge in [-0.25, -0.2) is 4.39 Å². The first-order valence-corrected chi connectivity index (χ1v) is 12.9. The molecule has 37 heavy (non-hydrogen) atoms. The number of aromatic nitrogens is 4. The highest BCUT2D eigenvalue weighted by molar-refractivity contribution is 5.76. The summed E-state index contributed by atoms with van der Waals surface area (Å²) in [7, 11) is 3.76. The molecule has 1 amide bonds. The van der Waals surface area contributed by atoms with Crippen LogP contribution in [-0.4, -0.2) is 101 Å². The quantitative estimate of drug-likeness (QED) is 0.488. The molecule has 0 unspecified atom stereocenters. The van der Waals surface area contributed by atoms with Gasteiger partial charge in [-0.05, 0) is 43.3 Å². The number of fused-ring (bicyclic) bond motifs is 1. The molecule has 2 fully saturated rings. The molecule has 2 aliphatic heterocycles. The van der Waals surface area contributed by atoms with E-state index in [4.69, 9.17) is 9.84 Å². The van der Waals surface area contributed by atoms with Gasteiger partial charge in [-0.2, -0.15) is 4.52 Å². The first kappa shape index (κ1) is 25.3. The molecule has 5 rings (SSSR count). The number of nitrogens with one attached hydrogen (secondary N) is 1. The molecule has 2 atom stereocenters. The number of methoxy groups -OCH3 is 1. The molecule has 2 saturated heterocycles. The molecule has 11 heteroatoms. The maximum atomic E-state index is 14.9. The predicted molar refractivity (Wildman–Crippen MR) is 139 cm³/mol. The summed E-state index contributed by atoms with van der Waals surface area (Å²) in [5.41, 5.74) is 1.77. The first-order chi connectivity index (χ1) is 18.0. The van der Waals surface area contributed by atoms with E-state index in [9.17, 15) is 9.18 Å². The molecule has 198 valence electrons. The van der Waals surface area contributed by atoms with Gasteiger partial charge < -0.3 is 19.9 Å². The van der Waals surface area contributed by atoms with E-state index in [1.165, 1.54) is 0 Å². The van der Waals surface area contributed by atoms with E-state index in [1.54, 1.807) is 11.6 Å². The van der Waals surface area contributed by atoms with Gasteiger partial charge in [-0.15, -0.1) is 15.3 Å². The Morgan fingerprint density at radius 1 is 1.08 bits per heavy atom. The average Bonchev–Trinajstić information content (AvgIpc) is 3.32. The van der Waals surface area contributed by atoms with Crippen molar-refractivity contribution < 1.29 is 13.9 Å². The minimum atomic E-state index is -1.11. The maximum Gasteiger partial charge on any atom is 0.220 e. The molecule has 2 aliphatic rings. The van der Waals surface area contributed by atoms with Crippen molar-refractivity contribution >= 4 is 17.4 Å². The number of aryl methyl sites for hydroxylation is 1. The number of hydrogen-bond donors (Lipinski definition) is 1. The highest BCUT2D eigenvalue weighted by atomic mass is 19.1. The van der Waals surface area contributed by atoms with E-state index in [0.29, 0.717) is 37.4 Å². The van der Waals surface area contributed by atoms with Gasteiger partial charge in [0, 0.05) is 58.7 Å². The molecule has 0 aliphatic carbocycles. The Morgan fingerprint density at radius 2 is 1.86 bits per heavy atom. The fourth-order valence-electron chi connectivity index (χ4n) is 4.95. The first-order valence-electron chi connectivity index (χ1n) is 12.9. The molecule has 0 radical (unpaired) electrons. The predicted octanol–water partition coefficient (Wildman–Crippen LogP) is 1.55. The zero-order valence-corrected chi connectivity index (χ0v) is 21.5. The summed E-state index contributed by atoms with van der Waals surface area (Å²) in [5, 5.41) is 16.1. The van der Waals surface area contributed by atoms with Crippen LogP contribution in [-0.2, 0) is 17.8 Å². The van der Waals surface area contributed by atoms with Gasteiger partial charge in [0.05, 0.1) is 13.2 Å². The molecule has 0 saturated carbocycles. The Bertz CT molecular complexity index is 1200. The fraction of sp³-hybridized carbons (Fsp3) is 0.538. The lowest BCUT2D eigenvalue weighted by atomic mass is 10.0. The molecular formula is C26H35FN8O2. The number of benzene rings is 1. The second-order valence-electron chi connectivity index (χ2n) is 9.93. The summed E-state index contributed by atoms with van der Waals surface area (Å²) in [6, 6.07) is 11.2. The number of carbonyl (C=O) groups excluding carboxylic acids is 1. The number of likely N-dealkylation sites (tertiary alicyclic amines) is 1. The van der Waals surface area contributed by atoms with Crippen LogP contribution in [0, 0.1) is 0 Å². The third kappa shape index (κ3) is 6.16. The summed E-state index contributed by atoms with van der Waals surface area (Å²) in [5.74, 6) is 2.14. The van der Waals surface area contributed by atoms with Crippen molar-refractivity contribution in [3.63, 3.8) is 0 Å². The lowest BCUT2D eigenvalue weighted by Crippen LogP contribution is -2.52. The van der Waals surface area contributed by atoms with Crippen molar-refractivity contribution in [2.45, 2.75) is 38.0 Å². The summed E-state index contributed by atoms with van der Waals surface area (Å²) in [6.07, 6.45) is 0.0597. The molecule has 0 spiro atoms. The Balaban J connectivity index is 1.12. The van der Waals surface area contributed by atoms with E-state index in [2.05, 4.69) is 37.3 Å². The number of carbonyl (C=O) groups is 1. The third-order valence-corrected chi connectivity index (χ3v) is 7.25. The Labute approximate surface area is 216 Å². The van der Waals surface area contributed by atoms with Gasteiger partial charge in [-0.3, -0.25) is 9.69 Å². The summed E-state index contributed by atoms with van der Waals surface area (Å²) < 4.78 is 21.8. The van der Waals surface area contributed by atoms with Gasteiger partial charge in [0.2, 0.25) is 5.91 Å². The normalized spacial score (nSPS) is 21.3. The lowest BCUT2D eigenvalue weighted by molar-refractivity contribution is -0.122. The van der Waals surface area contributed by atoms with Crippen LogP contribution >= 0.6 is 0 Å². The topological polar surface area (TPSA) is 91.1 Å². The van der Waals surface area contributed by atoms with Gasteiger partial charge in [0.25, 0.3) is 0 Å². The summed E-state index contributed by atoms with van der Waals surface area (Å²) >= 11 is 0. The van der Waals surface area contributed by atoms with Gasteiger partial charge in [0.1, 0.15) is 17.7 Å². The zero-order valence-electron chi connectivity index (χ0n) is 21.5. The molecule has 1 N–H and O–H groups in total. The highest BCUT2D eigenvalue weighted by Gasteiger charge is 2.30. The SMILES string of the molecule is COc1ccc(CN2CC[C@H](NC(=O)CCc3nnc4ccc(N5CCN(C)CC5)nn34)[C@@H](F)C2)cc1. The van der Waals surface area contributed by atoms with E-state index in [0.717, 1.165) is 49.9 Å². The number of anilines is 1. The van der Waals surface area contributed by atoms with Gasteiger partial charge >= 0.3 is 0 Å². The number of piperazine rings is 1. The van der Waals surface area contributed by atoms with Crippen LogP contribution in [0.4, 0.5) is 10.2 Å². The number of likely N-dealkylation sites (N-methyl/N-ethyl adjacent to an activating group) is 1. The number of piperidine rings is 1. The maximum absolute atomic E-state index is 14.9. The van der Waals surface area contributed by atoms with Crippen LogP contribution in [0.1, 0.15) is 24.2 Å². The van der Waals surface area contributed by atoms with Crippen LogP contribution in [0.3, 0.4) is 0 Å². The Hall–Kier alpha value is -3.31. The van der Waals surface area contributed by atoms with Crippen LogP contribution in [0.25, 0.3) is 5.65 Å². The number of halogens is 1. The van der Waals surface area contributed by atoms with Crippen molar-refractivity contribution in [1.29, 1.82) is 0 Å². The minimum Gasteiger partial charge on any atom is -0.497 e. The third-order valence-electron chi connectivity index (χ3n) is 7.25. The number of hydrogen-bond acceptors (Lipinski definition) is 8. The van der Waals surface area contributed by atoms with Gasteiger partial charge in [-0.1, -0.05) is 12.1 Å². The molecule has 4 heterocycles. The van der Waals surface area contributed by atoms with Crippen molar-refractivity contribution in [1.82, 2.24) is 34.9 Å². The largest absolute Gasteiger partial charge is 0.497 e. The number of rotatable bonds is 8. The van der Waals surface area contributed by atoms with Crippen LogP contribution in [0.5, 0.6) is 5.75 Å². The van der Waals surface area contributed by atoms with E-state index in [-0.39, 0.29) is 12.3 Å². The van der Waals surface area contributed by atoms with Crippen molar-refractivity contribution in [3.05, 3.63) is 47.8 Å². The molecule has 1 aromatic carbocycles. The van der Waals surface area contributed by atoms with Crippen molar-refractivity contribution in [2.75, 3.05) is 58.3 Å². The second kappa shape index (κ2) is 11.4. The monoisotopic (exact) mass is 510 g/mol. The minimum absolute atomic E-state index is 0.178.